The number of benzene rings is 2. The van der Waals surface area contributed by atoms with Crippen molar-refractivity contribution in [1.29, 1.82) is 0 Å². The van der Waals surface area contributed by atoms with E-state index in [4.69, 9.17) is 38.0 Å². The first kappa shape index (κ1) is 18.9. The van der Waals surface area contributed by atoms with Crippen LogP contribution >= 0.6 is 23.8 Å². The van der Waals surface area contributed by atoms with Crippen LogP contribution in [0, 0.1) is 4.77 Å². The topological polar surface area (TPSA) is 73.7 Å². The molecular formula is C18H17ClN4O3S. The van der Waals surface area contributed by atoms with Gasteiger partial charge in [-0.1, -0.05) is 11.6 Å². The molecule has 9 heteroatoms. The maximum atomic E-state index is 5.95. The Morgan fingerprint density at radius 3 is 2.26 bits per heavy atom. The van der Waals surface area contributed by atoms with Crippen molar-refractivity contribution in [2.45, 2.75) is 0 Å². The largest absolute Gasteiger partial charge is 0.496 e. The molecule has 0 aliphatic carbocycles. The fraction of sp³-hybridized carbons (Fsp3) is 0.167. The Kier molecular flexibility index (Phi) is 5.78. The van der Waals surface area contributed by atoms with E-state index < -0.39 is 0 Å². The molecule has 7 nitrogen and oxygen atoms in total. The maximum Gasteiger partial charge on any atom is 0.216 e. The molecule has 0 radical (unpaired) electrons. The Morgan fingerprint density at radius 1 is 1.07 bits per heavy atom. The lowest BCUT2D eigenvalue weighted by Crippen LogP contribution is -2.00. The molecule has 0 saturated heterocycles. The molecule has 0 atom stereocenters. The van der Waals surface area contributed by atoms with Gasteiger partial charge in [-0.05, 0) is 36.5 Å². The molecule has 2 aromatic carbocycles. The first-order valence-corrected chi connectivity index (χ1v) is 8.63. The molecule has 3 aromatic rings. The van der Waals surface area contributed by atoms with E-state index in [0.717, 1.165) is 5.56 Å². The van der Waals surface area contributed by atoms with Crippen molar-refractivity contribution in [2.75, 3.05) is 21.3 Å². The second-order valence-corrected chi connectivity index (χ2v) is 6.18. The van der Waals surface area contributed by atoms with E-state index in [0.29, 0.717) is 38.4 Å². The SMILES string of the molecule is COc1cc(OC)c(C=Nn2c(-c3ccc(Cl)cc3)n[nH]c2=S)c(OC)c1. The number of aromatic amines is 1. The lowest BCUT2D eigenvalue weighted by atomic mass is 10.2. The molecule has 0 unspecified atom stereocenters. The van der Waals surface area contributed by atoms with Crippen LogP contribution in [0.3, 0.4) is 0 Å². The van der Waals surface area contributed by atoms with E-state index >= 15 is 0 Å². The molecule has 0 fully saturated rings. The second-order valence-electron chi connectivity index (χ2n) is 5.36. The Bertz CT molecular complexity index is 1000. The van der Waals surface area contributed by atoms with E-state index in [1.807, 2.05) is 12.1 Å². The number of methoxy groups -OCH3 is 3. The van der Waals surface area contributed by atoms with Gasteiger partial charge >= 0.3 is 0 Å². The highest BCUT2D eigenvalue weighted by atomic mass is 35.5. The summed E-state index contributed by atoms with van der Waals surface area (Å²) in [5.41, 5.74) is 1.46. The predicted molar refractivity (Wildman–Crippen MR) is 107 cm³/mol. The van der Waals surface area contributed by atoms with Gasteiger partial charge in [0.05, 0.1) is 33.1 Å². The van der Waals surface area contributed by atoms with Gasteiger partial charge in [-0.3, -0.25) is 0 Å². The number of halogens is 1. The second kappa shape index (κ2) is 8.24. The summed E-state index contributed by atoms with van der Waals surface area (Å²) in [5.74, 6) is 2.28. The van der Waals surface area contributed by atoms with Crippen LogP contribution in [-0.4, -0.2) is 42.4 Å². The highest BCUT2D eigenvalue weighted by Gasteiger charge is 2.13. The quantitative estimate of drug-likeness (QED) is 0.493. The number of nitrogens with one attached hydrogen (secondary N) is 1. The highest BCUT2D eigenvalue weighted by molar-refractivity contribution is 7.71. The minimum absolute atomic E-state index is 0.350. The maximum absolute atomic E-state index is 5.95. The van der Waals surface area contributed by atoms with Gasteiger partial charge in [0.15, 0.2) is 5.82 Å². The van der Waals surface area contributed by atoms with Crippen LogP contribution in [0.15, 0.2) is 41.5 Å². The number of rotatable bonds is 6. The molecule has 3 rings (SSSR count). The normalized spacial score (nSPS) is 11.0. The van der Waals surface area contributed by atoms with Gasteiger partial charge in [0, 0.05) is 22.7 Å². The highest BCUT2D eigenvalue weighted by Crippen LogP contribution is 2.32. The molecule has 0 aliphatic rings. The fourth-order valence-corrected chi connectivity index (χ4v) is 2.77. The van der Waals surface area contributed by atoms with E-state index in [1.165, 1.54) is 4.68 Å². The minimum Gasteiger partial charge on any atom is -0.496 e. The summed E-state index contributed by atoms with van der Waals surface area (Å²) < 4.78 is 18.0. The summed E-state index contributed by atoms with van der Waals surface area (Å²) in [6.45, 7) is 0. The average molecular weight is 405 g/mol. The van der Waals surface area contributed by atoms with E-state index in [1.54, 1.807) is 51.8 Å². The molecule has 1 heterocycles. The number of nitrogens with zero attached hydrogens (tertiary/aromatic N) is 3. The van der Waals surface area contributed by atoms with Crippen molar-refractivity contribution >= 4 is 30.0 Å². The van der Waals surface area contributed by atoms with Gasteiger partial charge in [-0.15, -0.1) is 0 Å². The van der Waals surface area contributed by atoms with E-state index in [-0.39, 0.29) is 0 Å². The number of H-pyrrole nitrogens is 1. The summed E-state index contributed by atoms with van der Waals surface area (Å²) in [4.78, 5) is 0. The van der Waals surface area contributed by atoms with Crippen LogP contribution in [0.2, 0.25) is 5.02 Å². The number of hydrogen-bond acceptors (Lipinski definition) is 6. The Balaban J connectivity index is 2.06. The molecule has 0 saturated carbocycles. The van der Waals surface area contributed by atoms with Crippen LogP contribution in [0.25, 0.3) is 11.4 Å². The molecule has 140 valence electrons. The Morgan fingerprint density at radius 2 is 1.70 bits per heavy atom. The van der Waals surface area contributed by atoms with Crippen LogP contribution < -0.4 is 14.2 Å². The molecule has 1 N–H and O–H groups in total. The number of hydrogen-bond donors (Lipinski definition) is 1. The van der Waals surface area contributed by atoms with Crippen LogP contribution in [0.5, 0.6) is 17.2 Å². The van der Waals surface area contributed by atoms with Gasteiger partial charge < -0.3 is 14.2 Å². The Hall–Kier alpha value is -2.84. The summed E-state index contributed by atoms with van der Waals surface area (Å²) in [6.07, 6.45) is 1.60. The van der Waals surface area contributed by atoms with Crippen molar-refractivity contribution in [3.8, 4) is 28.6 Å². The van der Waals surface area contributed by atoms with Gasteiger partial charge in [0.1, 0.15) is 17.2 Å². The van der Waals surface area contributed by atoms with E-state index in [2.05, 4.69) is 15.3 Å². The third kappa shape index (κ3) is 3.96. The zero-order valence-electron chi connectivity index (χ0n) is 14.9. The van der Waals surface area contributed by atoms with Crippen molar-refractivity contribution in [3.63, 3.8) is 0 Å². The van der Waals surface area contributed by atoms with Gasteiger partial charge in [-0.25, -0.2) is 5.10 Å². The first-order valence-electron chi connectivity index (χ1n) is 7.85. The summed E-state index contributed by atoms with van der Waals surface area (Å²) in [7, 11) is 4.70. The summed E-state index contributed by atoms with van der Waals surface area (Å²) in [6, 6.07) is 10.7. The monoisotopic (exact) mass is 404 g/mol. The molecule has 1 aromatic heterocycles. The van der Waals surface area contributed by atoms with Crippen molar-refractivity contribution in [2.24, 2.45) is 5.10 Å². The van der Waals surface area contributed by atoms with Gasteiger partial charge in [-0.2, -0.15) is 14.9 Å². The molecule has 0 spiro atoms. The van der Waals surface area contributed by atoms with Crippen molar-refractivity contribution < 1.29 is 14.2 Å². The standard InChI is InChI=1S/C18H17ClN4O3S/c1-24-13-8-15(25-2)14(16(9-13)26-3)10-20-23-17(21-22-18(23)27)11-4-6-12(19)7-5-11/h4-10H,1-3H3,(H,22,27). The smallest absolute Gasteiger partial charge is 0.216 e. The van der Waals surface area contributed by atoms with Crippen LogP contribution in [0.1, 0.15) is 5.56 Å². The zero-order chi connectivity index (χ0) is 19.4. The molecule has 0 amide bonds. The third-order valence-corrected chi connectivity index (χ3v) is 4.32. The van der Waals surface area contributed by atoms with Gasteiger partial charge in [0.2, 0.25) is 4.77 Å². The average Bonchev–Trinajstić information content (AvgIpc) is 3.06. The zero-order valence-corrected chi connectivity index (χ0v) is 16.5. The van der Waals surface area contributed by atoms with Crippen LogP contribution in [0.4, 0.5) is 0 Å². The third-order valence-electron chi connectivity index (χ3n) is 3.81. The summed E-state index contributed by atoms with van der Waals surface area (Å²) >= 11 is 11.3. The molecule has 0 aliphatic heterocycles. The Labute approximate surface area is 166 Å². The predicted octanol–water partition coefficient (Wildman–Crippen LogP) is 4.17. The fourth-order valence-electron chi connectivity index (χ4n) is 2.46. The molecule has 0 bridgehead atoms. The molecule has 27 heavy (non-hydrogen) atoms. The van der Waals surface area contributed by atoms with Crippen LogP contribution in [-0.2, 0) is 0 Å². The van der Waals surface area contributed by atoms with Crippen molar-refractivity contribution in [1.82, 2.24) is 14.9 Å². The first-order chi connectivity index (χ1) is 13.1. The lowest BCUT2D eigenvalue weighted by molar-refractivity contribution is 0.374. The van der Waals surface area contributed by atoms with E-state index in [9.17, 15) is 0 Å². The minimum atomic E-state index is 0.350. The lowest BCUT2D eigenvalue weighted by Gasteiger charge is -2.12. The van der Waals surface area contributed by atoms with Gasteiger partial charge in [0.25, 0.3) is 0 Å². The molecular weight excluding hydrogens is 388 g/mol. The van der Waals surface area contributed by atoms with Crippen molar-refractivity contribution in [3.05, 3.63) is 51.8 Å². The summed E-state index contributed by atoms with van der Waals surface area (Å²) in [5, 5.41) is 12.1. The number of aromatic nitrogens is 3. The number of ether oxygens (including phenoxy) is 3.